The fraction of sp³-hybridized carbons (Fsp3) is 0.214. The zero-order valence-corrected chi connectivity index (χ0v) is 9.95. The highest BCUT2D eigenvalue weighted by atomic mass is 16.1. The van der Waals surface area contributed by atoms with Crippen LogP contribution < -0.4 is 5.43 Å². The number of aromatic nitrogens is 2. The molecule has 0 atom stereocenters. The zero-order valence-electron chi connectivity index (χ0n) is 9.95. The average Bonchev–Trinajstić information content (AvgIpc) is 2.63. The predicted molar refractivity (Wildman–Crippen MR) is 70.5 cm³/mol. The van der Waals surface area contributed by atoms with Crippen molar-refractivity contribution < 1.29 is 0 Å². The Balaban J connectivity index is 2.66. The van der Waals surface area contributed by atoms with Crippen LogP contribution >= 0.6 is 0 Å². The molecule has 0 bridgehead atoms. The number of aryl methyl sites for hydroxylation is 2. The molecule has 0 unspecified atom stereocenters. The first-order chi connectivity index (χ1) is 8.22. The van der Waals surface area contributed by atoms with E-state index in [1.165, 1.54) is 10.9 Å². The number of aromatic amines is 1. The van der Waals surface area contributed by atoms with Gasteiger partial charge in [-0.15, -0.1) is 0 Å². The third kappa shape index (κ3) is 1.32. The number of benzene rings is 1. The molecular formula is C14H14N2O. The van der Waals surface area contributed by atoms with Gasteiger partial charge in [0.05, 0.1) is 11.0 Å². The number of hydrogen-bond acceptors (Lipinski definition) is 1. The Bertz CT molecular complexity index is 765. The van der Waals surface area contributed by atoms with Crippen LogP contribution in [0.4, 0.5) is 0 Å². The van der Waals surface area contributed by atoms with Gasteiger partial charge in [0, 0.05) is 35.3 Å². The summed E-state index contributed by atoms with van der Waals surface area (Å²) in [6.07, 6.45) is 1.95. The molecule has 0 fully saturated rings. The van der Waals surface area contributed by atoms with Crippen LogP contribution in [0.25, 0.3) is 21.8 Å². The SMILES string of the molecule is CCn1c2cc(=O)ccc2c2cc[nH]c(C)c21. The molecule has 3 heteroatoms. The van der Waals surface area contributed by atoms with Crippen LogP contribution in [0.3, 0.4) is 0 Å². The summed E-state index contributed by atoms with van der Waals surface area (Å²) in [6.45, 7) is 5.02. The first-order valence-electron chi connectivity index (χ1n) is 5.82. The number of nitrogens with zero attached hydrogens (tertiary/aromatic N) is 1. The van der Waals surface area contributed by atoms with Crippen LogP contribution in [0, 0.1) is 6.92 Å². The molecule has 86 valence electrons. The molecule has 0 aliphatic carbocycles. The number of rotatable bonds is 1. The third-order valence-corrected chi connectivity index (χ3v) is 3.30. The summed E-state index contributed by atoms with van der Waals surface area (Å²) in [5, 5.41) is 2.36. The molecule has 0 saturated carbocycles. The maximum atomic E-state index is 11.5. The lowest BCUT2D eigenvalue weighted by Crippen LogP contribution is -1.99. The molecule has 1 aromatic carbocycles. The van der Waals surface area contributed by atoms with Crippen LogP contribution in [-0.4, -0.2) is 9.55 Å². The van der Waals surface area contributed by atoms with Gasteiger partial charge in [-0.1, -0.05) is 0 Å². The summed E-state index contributed by atoms with van der Waals surface area (Å²) in [4.78, 5) is 14.7. The Labute approximate surface area is 98.7 Å². The van der Waals surface area contributed by atoms with Gasteiger partial charge in [0.2, 0.25) is 0 Å². The van der Waals surface area contributed by atoms with E-state index < -0.39 is 0 Å². The molecule has 0 saturated heterocycles. The summed E-state index contributed by atoms with van der Waals surface area (Å²) in [6, 6.07) is 7.35. The van der Waals surface area contributed by atoms with E-state index in [1.54, 1.807) is 12.1 Å². The maximum absolute atomic E-state index is 11.5. The Morgan fingerprint density at radius 3 is 2.82 bits per heavy atom. The highest BCUT2D eigenvalue weighted by molar-refractivity contribution is 6.08. The van der Waals surface area contributed by atoms with Gasteiger partial charge in [-0.2, -0.15) is 0 Å². The van der Waals surface area contributed by atoms with Crippen LogP contribution in [0.1, 0.15) is 12.6 Å². The second-order valence-corrected chi connectivity index (χ2v) is 4.29. The number of hydrogen-bond donors (Lipinski definition) is 1. The van der Waals surface area contributed by atoms with Crippen molar-refractivity contribution in [2.75, 3.05) is 0 Å². The molecule has 0 aliphatic rings. The summed E-state index contributed by atoms with van der Waals surface area (Å²) in [5.74, 6) is 0. The van der Waals surface area contributed by atoms with Gasteiger partial charge in [-0.3, -0.25) is 4.79 Å². The standard InChI is InChI=1S/C14H14N2O/c1-3-16-13-8-10(17)4-5-11(13)12-6-7-15-9(2)14(12)16/h4-8,15H,3H2,1-2H3. The van der Waals surface area contributed by atoms with Gasteiger partial charge < -0.3 is 9.55 Å². The van der Waals surface area contributed by atoms with Gasteiger partial charge >= 0.3 is 0 Å². The summed E-state index contributed by atoms with van der Waals surface area (Å²) in [5.41, 5.74) is 3.41. The van der Waals surface area contributed by atoms with Crippen molar-refractivity contribution in [1.29, 1.82) is 0 Å². The summed E-state index contributed by atoms with van der Waals surface area (Å²) >= 11 is 0. The van der Waals surface area contributed by atoms with E-state index in [2.05, 4.69) is 29.5 Å². The molecule has 3 aromatic rings. The Morgan fingerprint density at radius 1 is 1.24 bits per heavy atom. The molecule has 1 N–H and O–H groups in total. The zero-order chi connectivity index (χ0) is 12.0. The highest BCUT2D eigenvalue weighted by Crippen LogP contribution is 2.28. The summed E-state index contributed by atoms with van der Waals surface area (Å²) < 4.78 is 2.19. The summed E-state index contributed by atoms with van der Waals surface area (Å²) in [7, 11) is 0. The van der Waals surface area contributed by atoms with Crippen molar-refractivity contribution >= 4 is 21.8 Å². The maximum Gasteiger partial charge on any atom is 0.180 e. The molecule has 0 spiro atoms. The van der Waals surface area contributed by atoms with Gasteiger partial charge in [-0.05, 0) is 32.0 Å². The number of pyridine rings is 1. The van der Waals surface area contributed by atoms with Gasteiger partial charge in [0.1, 0.15) is 0 Å². The van der Waals surface area contributed by atoms with Crippen molar-refractivity contribution in [3.8, 4) is 0 Å². The number of H-pyrrole nitrogens is 1. The van der Waals surface area contributed by atoms with E-state index in [9.17, 15) is 4.79 Å². The lowest BCUT2D eigenvalue weighted by atomic mass is 10.2. The van der Waals surface area contributed by atoms with E-state index >= 15 is 0 Å². The van der Waals surface area contributed by atoms with E-state index in [1.807, 2.05) is 12.3 Å². The van der Waals surface area contributed by atoms with E-state index in [0.29, 0.717) is 0 Å². The third-order valence-electron chi connectivity index (χ3n) is 3.30. The van der Waals surface area contributed by atoms with Crippen molar-refractivity contribution in [2.45, 2.75) is 20.4 Å². The fourth-order valence-corrected chi connectivity index (χ4v) is 2.58. The Morgan fingerprint density at radius 2 is 2.06 bits per heavy atom. The lowest BCUT2D eigenvalue weighted by molar-refractivity contribution is 0.821. The monoisotopic (exact) mass is 226 g/mol. The molecule has 2 aromatic heterocycles. The predicted octanol–water partition coefficient (Wildman–Crippen LogP) is 2.81. The van der Waals surface area contributed by atoms with E-state index in [4.69, 9.17) is 0 Å². The molecule has 3 nitrogen and oxygen atoms in total. The topological polar surface area (TPSA) is 37.8 Å². The Hall–Kier alpha value is -2.03. The van der Waals surface area contributed by atoms with Crippen LogP contribution in [-0.2, 0) is 6.54 Å². The normalized spacial score (nSPS) is 11.4. The van der Waals surface area contributed by atoms with Crippen molar-refractivity contribution in [1.82, 2.24) is 9.55 Å². The number of nitrogens with one attached hydrogen (secondary N) is 1. The molecule has 3 rings (SSSR count). The van der Waals surface area contributed by atoms with Crippen LogP contribution in [0.15, 0.2) is 35.3 Å². The highest BCUT2D eigenvalue weighted by Gasteiger charge is 2.11. The Kier molecular flexibility index (Phi) is 2.08. The smallest absolute Gasteiger partial charge is 0.180 e. The molecular weight excluding hydrogens is 212 g/mol. The lowest BCUT2D eigenvalue weighted by Gasteiger charge is -2.04. The van der Waals surface area contributed by atoms with Gasteiger partial charge in [-0.25, -0.2) is 0 Å². The minimum Gasteiger partial charge on any atom is -0.364 e. The quantitative estimate of drug-likeness (QED) is 0.680. The van der Waals surface area contributed by atoms with Gasteiger partial charge in [0.25, 0.3) is 0 Å². The van der Waals surface area contributed by atoms with Crippen molar-refractivity contribution in [3.63, 3.8) is 0 Å². The number of fused-ring (bicyclic) bond motifs is 3. The first kappa shape index (κ1) is 10.1. The second-order valence-electron chi connectivity index (χ2n) is 4.29. The molecule has 0 aliphatic heterocycles. The first-order valence-corrected chi connectivity index (χ1v) is 5.82. The molecule has 0 amide bonds. The molecule has 17 heavy (non-hydrogen) atoms. The average molecular weight is 226 g/mol. The fourth-order valence-electron chi connectivity index (χ4n) is 2.58. The molecule has 0 radical (unpaired) electrons. The largest absolute Gasteiger partial charge is 0.364 e. The van der Waals surface area contributed by atoms with Crippen LogP contribution in [0.2, 0.25) is 0 Å². The van der Waals surface area contributed by atoms with E-state index in [-0.39, 0.29) is 5.43 Å². The van der Waals surface area contributed by atoms with Gasteiger partial charge in [0.15, 0.2) is 5.43 Å². The van der Waals surface area contributed by atoms with E-state index in [0.717, 1.165) is 23.1 Å². The van der Waals surface area contributed by atoms with Crippen molar-refractivity contribution in [3.05, 3.63) is 46.4 Å². The molecule has 2 heterocycles. The minimum absolute atomic E-state index is 0.0663. The van der Waals surface area contributed by atoms with Crippen molar-refractivity contribution in [2.24, 2.45) is 0 Å². The minimum atomic E-state index is 0.0663. The second kappa shape index (κ2) is 3.48. The van der Waals surface area contributed by atoms with Crippen LogP contribution in [0.5, 0.6) is 0 Å².